The highest BCUT2D eigenvalue weighted by Crippen LogP contribution is 2.09. The van der Waals surface area contributed by atoms with Gasteiger partial charge in [-0.15, -0.1) is 0 Å². The molecule has 1 rings (SSSR count). The summed E-state index contributed by atoms with van der Waals surface area (Å²) in [5.74, 6) is 0.867. The van der Waals surface area contributed by atoms with E-state index in [2.05, 4.69) is 31.2 Å². The lowest BCUT2D eigenvalue weighted by Crippen LogP contribution is -2.50. The second-order valence-corrected chi connectivity index (χ2v) is 6.31. The summed E-state index contributed by atoms with van der Waals surface area (Å²) in [5.41, 5.74) is 0. The third-order valence-electron chi connectivity index (χ3n) is 4.04. The van der Waals surface area contributed by atoms with Crippen LogP contribution >= 0.6 is 0 Å². The summed E-state index contributed by atoms with van der Waals surface area (Å²) < 4.78 is 0. The first-order valence-corrected chi connectivity index (χ1v) is 8.64. The van der Waals surface area contributed by atoms with E-state index in [0.29, 0.717) is 25.7 Å². The molecule has 24 heavy (non-hydrogen) atoms. The van der Waals surface area contributed by atoms with Crippen molar-refractivity contribution in [1.29, 1.82) is 0 Å². The van der Waals surface area contributed by atoms with Crippen LogP contribution in [-0.2, 0) is 9.59 Å². The van der Waals surface area contributed by atoms with Gasteiger partial charge in [0, 0.05) is 52.2 Å². The van der Waals surface area contributed by atoms with E-state index >= 15 is 0 Å². The highest BCUT2D eigenvalue weighted by molar-refractivity contribution is 5.80. The molecule has 0 unspecified atom stereocenters. The van der Waals surface area contributed by atoms with Crippen LogP contribution in [-0.4, -0.2) is 75.5 Å². The summed E-state index contributed by atoms with van der Waals surface area (Å²) in [7, 11) is 3.40. The number of rotatable bonds is 7. The largest absolute Gasteiger partial charge is 0.358 e. The minimum absolute atomic E-state index is 0.00223. The third kappa shape index (κ3) is 7.63. The Balaban J connectivity index is 2.22. The molecular formula is C16H32N6O2. The molecule has 1 saturated heterocycles. The molecule has 8 nitrogen and oxygen atoms in total. The van der Waals surface area contributed by atoms with Crippen molar-refractivity contribution in [2.75, 3.05) is 46.8 Å². The normalized spacial score (nSPS) is 16.8. The Morgan fingerprint density at radius 3 is 2.33 bits per heavy atom. The Morgan fingerprint density at radius 2 is 1.79 bits per heavy atom. The molecule has 0 aromatic rings. The Labute approximate surface area is 144 Å². The number of hydrogen-bond donors (Lipinski definition) is 4. The maximum absolute atomic E-state index is 11.5. The number of likely N-dealkylation sites (tertiary alicyclic amines) is 1. The number of carbonyl (C=O) groups is 2. The molecule has 0 atom stereocenters. The minimum Gasteiger partial charge on any atom is -0.358 e. The number of likely N-dealkylation sites (N-methyl/N-ethyl adjacent to an activating group) is 1. The first-order valence-electron chi connectivity index (χ1n) is 8.64. The van der Waals surface area contributed by atoms with E-state index < -0.39 is 0 Å². The summed E-state index contributed by atoms with van der Waals surface area (Å²) in [6.07, 6.45) is 1.95. The Kier molecular flexibility index (Phi) is 9.14. The molecule has 4 N–H and O–H groups in total. The average molecular weight is 340 g/mol. The second-order valence-electron chi connectivity index (χ2n) is 6.31. The van der Waals surface area contributed by atoms with Crippen LogP contribution in [0.2, 0.25) is 0 Å². The van der Waals surface area contributed by atoms with Crippen LogP contribution in [0.4, 0.5) is 0 Å². The van der Waals surface area contributed by atoms with Crippen LogP contribution in [0, 0.1) is 5.92 Å². The van der Waals surface area contributed by atoms with Crippen LogP contribution in [0.5, 0.6) is 0 Å². The lowest BCUT2D eigenvalue weighted by molar-refractivity contribution is -0.124. The molecule has 138 valence electrons. The van der Waals surface area contributed by atoms with Crippen LogP contribution < -0.4 is 21.3 Å². The van der Waals surface area contributed by atoms with E-state index in [4.69, 9.17) is 0 Å². The van der Waals surface area contributed by atoms with E-state index in [9.17, 15) is 9.59 Å². The van der Waals surface area contributed by atoms with Crippen LogP contribution in [0.3, 0.4) is 0 Å². The quantitative estimate of drug-likeness (QED) is 0.275. The predicted octanol–water partition coefficient (Wildman–Crippen LogP) is -0.866. The number of carbonyl (C=O) groups excluding carboxylic acids is 2. The van der Waals surface area contributed by atoms with Crippen molar-refractivity contribution in [3.8, 4) is 0 Å². The lowest BCUT2D eigenvalue weighted by Gasteiger charge is -2.32. The van der Waals surface area contributed by atoms with Crippen molar-refractivity contribution in [3.63, 3.8) is 0 Å². The molecule has 1 aliphatic heterocycles. The molecule has 0 spiro atoms. The van der Waals surface area contributed by atoms with Gasteiger partial charge in [-0.1, -0.05) is 13.8 Å². The van der Waals surface area contributed by atoms with Crippen molar-refractivity contribution in [2.24, 2.45) is 10.9 Å². The molecule has 1 fully saturated rings. The van der Waals surface area contributed by atoms with Crippen molar-refractivity contribution >= 4 is 17.8 Å². The van der Waals surface area contributed by atoms with Gasteiger partial charge >= 0.3 is 0 Å². The van der Waals surface area contributed by atoms with Gasteiger partial charge in [0.1, 0.15) is 0 Å². The molecule has 8 heteroatoms. The van der Waals surface area contributed by atoms with Crippen molar-refractivity contribution in [3.05, 3.63) is 0 Å². The SMILES string of the molecule is CN=C(NCCNC(=O)C(C)C)NC1CCN(CC(=O)NC)CC1. The van der Waals surface area contributed by atoms with Crippen molar-refractivity contribution in [1.82, 2.24) is 26.2 Å². The average Bonchev–Trinajstić information content (AvgIpc) is 2.58. The third-order valence-corrected chi connectivity index (χ3v) is 4.04. The number of piperidine rings is 1. The topological polar surface area (TPSA) is 97.9 Å². The van der Waals surface area contributed by atoms with Crippen molar-refractivity contribution in [2.45, 2.75) is 32.7 Å². The lowest BCUT2D eigenvalue weighted by atomic mass is 10.1. The van der Waals surface area contributed by atoms with E-state index in [-0.39, 0.29) is 17.7 Å². The minimum atomic E-state index is 0.00223. The standard InChI is InChI=1S/C16H32N6O2/c1-12(2)15(24)19-7-8-20-16(18-4)21-13-5-9-22(10-6-13)11-14(23)17-3/h12-13H,5-11H2,1-4H3,(H,17,23)(H,19,24)(H2,18,20,21). The Bertz CT molecular complexity index is 430. The van der Waals surface area contributed by atoms with Crippen LogP contribution in [0.1, 0.15) is 26.7 Å². The fourth-order valence-corrected chi connectivity index (χ4v) is 2.48. The van der Waals surface area contributed by atoms with Gasteiger partial charge in [0.05, 0.1) is 6.54 Å². The molecule has 2 amide bonds. The summed E-state index contributed by atoms with van der Waals surface area (Å²) in [4.78, 5) is 29.3. The predicted molar refractivity (Wildman–Crippen MR) is 95.9 cm³/mol. The maximum Gasteiger partial charge on any atom is 0.233 e. The van der Waals surface area contributed by atoms with Gasteiger partial charge in [-0.25, -0.2) is 0 Å². The van der Waals surface area contributed by atoms with Gasteiger partial charge in [-0.05, 0) is 12.8 Å². The van der Waals surface area contributed by atoms with Gasteiger partial charge in [-0.2, -0.15) is 0 Å². The summed E-state index contributed by atoms with van der Waals surface area (Å²) in [6, 6.07) is 0.349. The number of hydrogen-bond acceptors (Lipinski definition) is 4. The monoisotopic (exact) mass is 340 g/mol. The van der Waals surface area contributed by atoms with Crippen molar-refractivity contribution < 1.29 is 9.59 Å². The first-order chi connectivity index (χ1) is 11.5. The zero-order valence-electron chi connectivity index (χ0n) is 15.3. The smallest absolute Gasteiger partial charge is 0.233 e. The number of nitrogens with one attached hydrogen (secondary N) is 4. The molecule has 0 aliphatic carbocycles. The summed E-state index contributed by atoms with van der Waals surface area (Å²) in [6.45, 7) is 7.21. The van der Waals surface area contributed by atoms with Gasteiger partial charge in [-0.3, -0.25) is 19.5 Å². The molecule has 0 saturated carbocycles. The van der Waals surface area contributed by atoms with Crippen LogP contribution in [0.25, 0.3) is 0 Å². The number of guanidine groups is 1. The Morgan fingerprint density at radius 1 is 1.17 bits per heavy atom. The maximum atomic E-state index is 11.5. The molecule has 0 aromatic heterocycles. The summed E-state index contributed by atoms with van der Waals surface area (Å²) in [5, 5.41) is 12.1. The fourth-order valence-electron chi connectivity index (χ4n) is 2.48. The number of nitrogens with zero attached hydrogens (tertiary/aromatic N) is 2. The first kappa shape index (κ1) is 20.2. The highest BCUT2D eigenvalue weighted by atomic mass is 16.2. The highest BCUT2D eigenvalue weighted by Gasteiger charge is 2.21. The van der Waals surface area contributed by atoms with E-state index in [0.717, 1.165) is 31.9 Å². The van der Waals surface area contributed by atoms with E-state index in [1.807, 2.05) is 13.8 Å². The van der Waals surface area contributed by atoms with Crippen LogP contribution in [0.15, 0.2) is 4.99 Å². The second kappa shape index (κ2) is 10.9. The molecule has 0 radical (unpaired) electrons. The Hall–Kier alpha value is -1.83. The molecule has 0 bridgehead atoms. The molecular weight excluding hydrogens is 308 g/mol. The fraction of sp³-hybridized carbons (Fsp3) is 0.812. The number of amides is 2. The van der Waals surface area contributed by atoms with E-state index in [1.165, 1.54) is 0 Å². The number of aliphatic imine (C=N–C) groups is 1. The van der Waals surface area contributed by atoms with Gasteiger partial charge in [0.25, 0.3) is 0 Å². The zero-order valence-corrected chi connectivity index (χ0v) is 15.3. The zero-order chi connectivity index (χ0) is 17.9. The molecule has 1 heterocycles. The van der Waals surface area contributed by atoms with Gasteiger partial charge < -0.3 is 21.3 Å². The van der Waals surface area contributed by atoms with Gasteiger partial charge in [0.2, 0.25) is 11.8 Å². The van der Waals surface area contributed by atoms with E-state index in [1.54, 1.807) is 14.1 Å². The summed E-state index contributed by atoms with van der Waals surface area (Å²) >= 11 is 0. The molecule has 1 aliphatic rings. The van der Waals surface area contributed by atoms with Gasteiger partial charge in [0.15, 0.2) is 5.96 Å². The molecule has 0 aromatic carbocycles.